The molecule has 0 fully saturated rings. The van der Waals surface area contributed by atoms with E-state index >= 15 is 0 Å². The number of thiophene rings is 1. The molecule has 0 atom stereocenters. The second-order valence-electron chi connectivity index (χ2n) is 10.1. The first-order valence-electron chi connectivity index (χ1n) is 13.2. The number of benzene rings is 6. The van der Waals surface area contributed by atoms with Gasteiger partial charge in [-0.15, -0.1) is 11.3 Å². The number of hydrogen-bond donors (Lipinski definition) is 0. The summed E-state index contributed by atoms with van der Waals surface area (Å²) >= 11 is 1.83. The van der Waals surface area contributed by atoms with Crippen molar-refractivity contribution in [3.8, 4) is 39.4 Å². The molecule has 0 saturated heterocycles. The molecule has 8 rings (SSSR count). The van der Waals surface area contributed by atoms with E-state index in [-0.39, 0.29) is 0 Å². The Bertz CT molecular complexity index is 2160. The molecule has 0 unspecified atom stereocenters. The summed E-state index contributed by atoms with van der Waals surface area (Å²) in [7, 11) is 0. The number of hydrogen-bond acceptors (Lipinski definition) is 3. The molecular weight excluding hydrogens is 506 g/mol. The van der Waals surface area contributed by atoms with E-state index in [1.165, 1.54) is 20.2 Å². The molecule has 2 nitrogen and oxygen atoms in total. The molecule has 0 N–H and O–H groups in total. The predicted octanol–water partition coefficient (Wildman–Crippen LogP) is 10.8. The van der Waals surface area contributed by atoms with Crippen molar-refractivity contribution in [3.63, 3.8) is 0 Å². The van der Waals surface area contributed by atoms with Crippen LogP contribution in [0.5, 0.6) is 0 Å². The molecule has 0 aliphatic heterocycles. The van der Waals surface area contributed by atoms with Crippen molar-refractivity contribution in [3.05, 3.63) is 133 Å². The van der Waals surface area contributed by atoms with Gasteiger partial charge in [-0.2, -0.15) is 5.26 Å². The van der Waals surface area contributed by atoms with Gasteiger partial charge in [-0.25, -0.2) is 0 Å². The maximum absolute atomic E-state index is 9.87. The van der Waals surface area contributed by atoms with Crippen LogP contribution < -0.4 is 0 Å². The van der Waals surface area contributed by atoms with Gasteiger partial charge in [0, 0.05) is 30.9 Å². The maximum atomic E-state index is 9.87. The number of rotatable bonds is 3. The highest BCUT2D eigenvalue weighted by Gasteiger charge is 2.14. The second-order valence-corrected chi connectivity index (χ2v) is 11.2. The fraction of sp³-hybridized carbons (Fsp3) is 0. The summed E-state index contributed by atoms with van der Waals surface area (Å²) in [4.78, 5) is 0. The normalized spacial score (nSPS) is 11.5. The third-order valence-corrected chi connectivity index (χ3v) is 8.85. The van der Waals surface area contributed by atoms with E-state index in [0.29, 0.717) is 5.56 Å². The smallest absolute Gasteiger partial charge is 0.136 e. The zero-order valence-corrected chi connectivity index (χ0v) is 22.2. The van der Waals surface area contributed by atoms with E-state index in [1.54, 1.807) is 0 Å². The lowest BCUT2D eigenvalue weighted by atomic mass is 9.91. The van der Waals surface area contributed by atoms with Crippen molar-refractivity contribution < 1.29 is 4.42 Å². The van der Waals surface area contributed by atoms with Crippen LogP contribution in [0.25, 0.3) is 75.5 Å². The van der Waals surface area contributed by atoms with E-state index < -0.39 is 0 Å². The predicted molar refractivity (Wildman–Crippen MR) is 168 cm³/mol. The summed E-state index contributed by atoms with van der Waals surface area (Å²) in [6, 6.07) is 46.7. The maximum Gasteiger partial charge on any atom is 0.136 e. The molecule has 0 radical (unpaired) electrons. The monoisotopic (exact) mass is 527 g/mol. The third-order valence-electron chi connectivity index (χ3n) is 7.72. The van der Waals surface area contributed by atoms with Crippen molar-refractivity contribution in [2.24, 2.45) is 0 Å². The Labute approximate surface area is 235 Å². The molecule has 40 heavy (non-hydrogen) atoms. The Morgan fingerprint density at radius 2 is 1.10 bits per heavy atom. The number of para-hydroxylation sites is 1. The molecule has 3 heteroatoms. The van der Waals surface area contributed by atoms with Crippen LogP contribution in [0, 0.1) is 11.3 Å². The Hall–Kier alpha value is -5.17. The van der Waals surface area contributed by atoms with E-state index in [4.69, 9.17) is 4.42 Å². The number of nitriles is 1. The molecule has 186 valence electrons. The van der Waals surface area contributed by atoms with E-state index in [2.05, 4.69) is 91.0 Å². The minimum atomic E-state index is 0.665. The molecule has 8 aromatic rings. The summed E-state index contributed by atoms with van der Waals surface area (Å²) in [6.07, 6.45) is 0. The van der Waals surface area contributed by atoms with Crippen LogP contribution in [0.3, 0.4) is 0 Å². The van der Waals surface area contributed by atoms with E-state index in [9.17, 15) is 5.26 Å². The van der Waals surface area contributed by atoms with Crippen molar-refractivity contribution in [2.45, 2.75) is 0 Å². The molecule has 0 spiro atoms. The number of nitrogens with zero attached hydrogens (tertiary/aromatic N) is 1. The Balaban J connectivity index is 1.35. The van der Waals surface area contributed by atoms with Gasteiger partial charge in [0.2, 0.25) is 0 Å². The highest BCUT2D eigenvalue weighted by molar-refractivity contribution is 7.25. The summed E-state index contributed by atoms with van der Waals surface area (Å²) < 4.78 is 8.78. The second kappa shape index (κ2) is 8.95. The Morgan fingerprint density at radius 3 is 1.95 bits per heavy atom. The van der Waals surface area contributed by atoms with Gasteiger partial charge in [0.15, 0.2) is 0 Å². The molecule has 0 bridgehead atoms. The largest absolute Gasteiger partial charge is 0.456 e. The van der Waals surface area contributed by atoms with Gasteiger partial charge in [-0.3, -0.25) is 0 Å². The fourth-order valence-electron chi connectivity index (χ4n) is 5.76. The van der Waals surface area contributed by atoms with Crippen molar-refractivity contribution in [2.75, 3.05) is 0 Å². The van der Waals surface area contributed by atoms with Gasteiger partial charge < -0.3 is 4.42 Å². The van der Waals surface area contributed by atoms with E-state index in [0.717, 1.165) is 55.3 Å². The van der Waals surface area contributed by atoms with Crippen LogP contribution in [0.1, 0.15) is 5.56 Å². The van der Waals surface area contributed by atoms with E-state index in [1.807, 2.05) is 53.8 Å². The molecular formula is C37H21NOS. The SMILES string of the molecule is N#Cc1ccccc1-c1cc(-c2ccc3c(c2)oc2ccccc23)cc(-c2ccc3c(c2)sc2ccccc23)c1. The van der Waals surface area contributed by atoms with Gasteiger partial charge in [0.1, 0.15) is 11.2 Å². The fourth-order valence-corrected chi connectivity index (χ4v) is 6.91. The first-order chi connectivity index (χ1) is 19.7. The first kappa shape index (κ1) is 22.8. The number of fused-ring (bicyclic) bond motifs is 6. The topological polar surface area (TPSA) is 36.9 Å². The van der Waals surface area contributed by atoms with Crippen LogP contribution in [0.2, 0.25) is 0 Å². The lowest BCUT2D eigenvalue weighted by Crippen LogP contribution is -1.88. The van der Waals surface area contributed by atoms with Crippen LogP contribution in [-0.2, 0) is 0 Å². The van der Waals surface area contributed by atoms with Crippen LogP contribution in [0.15, 0.2) is 132 Å². The van der Waals surface area contributed by atoms with Gasteiger partial charge in [0.25, 0.3) is 0 Å². The third kappa shape index (κ3) is 3.62. The standard InChI is InChI=1S/C37H21NOS/c38-22-25-7-1-2-8-29(25)28-18-26(23-13-15-31-30-9-3-5-11-34(30)39-35(31)20-23)17-27(19-28)24-14-16-33-32-10-4-6-12-36(32)40-37(33)21-24/h1-21H. The Morgan fingerprint density at radius 1 is 0.475 bits per heavy atom. The molecule has 0 aliphatic carbocycles. The first-order valence-corrected chi connectivity index (χ1v) is 14.0. The summed E-state index contributed by atoms with van der Waals surface area (Å²) in [5.41, 5.74) is 8.81. The van der Waals surface area contributed by atoms with Crippen molar-refractivity contribution in [1.29, 1.82) is 5.26 Å². The summed E-state index contributed by atoms with van der Waals surface area (Å²) in [5.74, 6) is 0. The Kier molecular flexibility index (Phi) is 5.10. The van der Waals surface area contributed by atoms with Crippen molar-refractivity contribution in [1.82, 2.24) is 0 Å². The van der Waals surface area contributed by atoms with Crippen LogP contribution in [-0.4, -0.2) is 0 Å². The zero-order valence-electron chi connectivity index (χ0n) is 21.4. The molecule has 0 amide bonds. The molecule has 2 aromatic heterocycles. The highest BCUT2D eigenvalue weighted by atomic mass is 32.1. The number of furan rings is 1. The highest BCUT2D eigenvalue weighted by Crippen LogP contribution is 2.40. The quantitative estimate of drug-likeness (QED) is 0.229. The average Bonchev–Trinajstić information content (AvgIpc) is 3.58. The summed E-state index contributed by atoms with van der Waals surface area (Å²) in [6.45, 7) is 0. The van der Waals surface area contributed by atoms with Crippen molar-refractivity contribution >= 4 is 53.4 Å². The molecule has 0 aliphatic rings. The molecule has 6 aromatic carbocycles. The minimum Gasteiger partial charge on any atom is -0.456 e. The van der Waals surface area contributed by atoms with Crippen LogP contribution in [0.4, 0.5) is 0 Å². The average molecular weight is 528 g/mol. The lowest BCUT2D eigenvalue weighted by Gasteiger charge is -2.12. The lowest BCUT2D eigenvalue weighted by molar-refractivity contribution is 0.669. The molecule has 0 saturated carbocycles. The minimum absolute atomic E-state index is 0.665. The summed E-state index contributed by atoms with van der Waals surface area (Å²) in [5, 5.41) is 14.7. The van der Waals surface area contributed by atoms with Gasteiger partial charge in [-0.1, -0.05) is 72.8 Å². The zero-order chi connectivity index (χ0) is 26.6. The van der Waals surface area contributed by atoms with Gasteiger partial charge >= 0.3 is 0 Å². The molecule has 2 heterocycles. The van der Waals surface area contributed by atoms with Gasteiger partial charge in [-0.05, 0) is 88.0 Å². The van der Waals surface area contributed by atoms with Crippen LogP contribution >= 0.6 is 11.3 Å². The van der Waals surface area contributed by atoms with Gasteiger partial charge in [0.05, 0.1) is 11.6 Å².